The standard InChI is InChI=1S/C15H24N2O3/c1-4-19-14(18)13-9-20-15(17-13)16-12-8-6-5-7-11(12)10(2)3/h9-12H,4-8H2,1-3H3,(H,16,17). The highest BCUT2D eigenvalue weighted by molar-refractivity contribution is 5.87. The Labute approximate surface area is 120 Å². The van der Waals surface area contributed by atoms with E-state index < -0.39 is 5.97 Å². The van der Waals surface area contributed by atoms with Crippen molar-refractivity contribution in [2.45, 2.75) is 52.5 Å². The minimum Gasteiger partial charge on any atom is -0.461 e. The molecule has 5 nitrogen and oxygen atoms in total. The summed E-state index contributed by atoms with van der Waals surface area (Å²) in [5, 5.41) is 3.34. The van der Waals surface area contributed by atoms with Gasteiger partial charge in [-0.05, 0) is 31.6 Å². The Morgan fingerprint density at radius 3 is 2.95 bits per heavy atom. The molecule has 2 rings (SSSR count). The van der Waals surface area contributed by atoms with Crippen LogP contribution >= 0.6 is 0 Å². The van der Waals surface area contributed by atoms with E-state index in [0.29, 0.717) is 30.5 Å². The summed E-state index contributed by atoms with van der Waals surface area (Å²) < 4.78 is 10.2. The van der Waals surface area contributed by atoms with Gasteiger partial charge < -0.3 is 14.5 Å². The number of hydrogen-bond acceptors (Lipinski definition) is 5. The fourth-order valence-corrected chi connectivity index (χ4v) is 2.93. The molecule has 1 aliphatic rings. The van der Waals surface area contributed by atoms with Gasteiger partial charge >= 0.3 is 5.97 Å². The molecule has 0 radical (unpaired) electrons. The second-order valence-corrected chi connectivity index (χ2v) is 5.70. The largest absolute Gasteiger partial charge is 0.461 e. The summed E-state index contributed by atoms with van der Waals surface area (Å²) in [5.41, 5.74) is 0.228. The lowest BCUT2D eigenvalue weighted by atomic mass is 9.78. The van der Waals surface area contributed by atoms with Gasteiger partial charge in [-0.2, -0.15) is 4.98 Å². The Morgan fingerprint density at radius 2 is 2.25 bits per heavy atom. The molecule has 2 atom stereocenters. The zero-order valence-corrected chi connectivity index (χ0v) is 12.5. The van der Waals surface area contributed by atoms with Gasteiger partial charge in [-0.15, -0.1) is 0 Å². The molecule has 1 aromatic heterocycles. The average Bonchev–Trinajstić information content (AvgIpc) is 2.88. The van der Waals surface area contributed by atoms with E-state index in [1.165, 1.54) is 25.5 Å². The molecule has 0 aliphatic heterocycles. The van der Waals surface area contributed by atoms with Crippen molar-refractivity contribution < 1.29 is 13.9 Å². The molecule has 2 unspecified atom stereocenters. The third kappa shape index (κ3) is 3.52. The van der Waals surface area contributed by atoms with Crippen LogP contribution < -0.4 is 5.32 Å². The van der Waals surface area contributed by atoms with Crippen LogP contribution in [0.4, 0.5) is 6.01 Å². The van der Waals surface area contributed by atoms with Crippen molar-refractivity contribution in [3.8, 4) is 0 Å². The highest BCUT2D eigenvalue weighted by Crippen LogP contribution is 2.32. The Bertz CT molecular complexity index is 442. The number of rotatable bonds is 5. The predicted octanol–water partition coefficient (Wildman–Crippen LogP) is 3.48. The number of esters is 1. The summed E-state index contributed by atoms with van der Waals surface area (Å²) in [5.74, 6) is 0.822. The van der Waals surface area contributed by atoms with Crippen LogP contribution in [-0.2, 0) is 4.74 Å². The first kappa shape index (κ1) is 14.9. The maximum Gasteiger partial charge on any atom is 0.360 e. The lowest BCUT2D eigenvalue weighted by Crippen LogP contribution is -2.35. The summed E-state index contributed by atoms with van der Waals surface area (Å²) in [7, 11) is 0. The molecule has 112 valence electrons. The van der Waals surface area contributed by atoms with Gasteiger partial charge in [0.05, 0.1) is 6.61 Å². The highest BCUT2D eigenvalue weighted by atomic mass is 16.5. The normalized spacial score (nSPS) is 22.8. The quantitative estimate of drug-likeness (QED) is 0.836. The third-order valence-electron chi connectivity index (χ3n) is 3.97. The predicted molar refractivity (Wildman–Crippen MR) is 76.7 cm³/mol. The fraction of sp³-hybridized carbons (Fsp3) is 0.733. The maximum absolute atomic E-state index is 11.6. The van der Waals surface area contributed by atoms with E-state index in [2.05, 4.69) is 24.1 Å². The van der Waals surface area contributed by atoms with E-state index >= 15 is 0 Å². The highest BCUT2D eigenvalue weighted by Gasteiger charge is 2.28. The summed E-state index contributed by atoms with van der Waals surface area (Å²) >= 11 is 0. The molecule has 0 saturated heterocycles. The fourth-order valence-electron chi connectivity index (χ4n) is 2.93. The molecule has 20 heavy (non-hydrogen) atoms. The Morgan fingerprint density at radius 1 is 1.50 bits per heavy atom. The summed E-state index contributed by atoms with van der Waals surface area (Å²) in [6.45, 7) is 6.62. The van der Waals surface area contributed by atoms with E-state index in [0.717, 1.165) is 6.42 Å². The van der Waals surface area contributed by atoms with E-state index in [-0.39, 0.29) is 5.69 Å². The summed E-state index contributed by atoms with van der Waals surface area (Å²) in [6.07, 6.45) is 6.24. The van der Waals surface area contributed by atoms with Gasteiger partial charge in [-0.1, -0.05) is 26.7 Å². The second kappa shape index (κ2) is 6.77. The molecule has 5 heteroatoms. The van der Waals surface area contributed by atoms with Crippen LogP contribution in [0.25, 0.3) is 0 Å². The Kier molecular flexibility index (Phi) is 5.04. The minimum absolute atomic E-state index is 0.228. The maximum atomic E-state index is 11.6. The Balaban J connectivity index is 2.00. The van der Waals surface area contributed by atoms with Gasteiger partial charge in [0.2, 0.25) is 0 Å². The number of anilines is 1. The molecule has 1 heterocycles. The average molecular weight is 280 g/mol. The molecule has 0 amide bonds. The number of carbonyl (C=O) groups excluding carboxylic acids is 1. The number of nitrogens with one attached hydrogen (secondary N) is 1. The number of nitrogens with zero attached hydrogens (tertiary/aromatic N) is 1. The molecule has 1 aromatic rings. The van der Waals surface area contributed by atoms with Crippen LogP contribution in [0.5, 0.6) is 0 Å². The van der Waals surface area contributed by atoms with Gasteiger partial charge in [0.1, 0.15) is 6.26 Å². The van der Waals surface area contributed by atoms with Crippen LogP contribution in [0, 0.1) is 11.8 Å². The molecule has 0 bridgehead atoms. The monoisotopic (exact) mass is 280 g/mol. The number of aromatic nitrogens is 1. The van der Waals surface area contributed by atoms with Crippen molar-refractivity contribution >= 4 is 12.0 Å². The van der Waals surface area contributed by atoms with Crippen LogP contribution in [0.1, 0.15) is 56.9 Å². The Hall–Kier alpha value is -1.52. The molecule has 1 aliphatic carbocycles. The SMILES string of the molecule is CCOC(=O)c1coc(NC2CCCCC2C(C)C)n1. The third-order valence-corrected chi connectivity index (χ3v) is 3.97. The minimum atomic E-state index is -0.437. The van der Waals surface area contributed by atoms with E-state index in [4.69, 9.17) is 9.15 Å². The van der Waals surface area contributed by atoms with Gasteiger partial charge in [-0.3, -0.25) is 0 Å². The van der Waals surface area contributed by atoms with Crippen molar-refractivity contribution in [3.63, 3.8) is 0 Å². The van der Waals surface area contributed by atoms with Crippen LogP contribution in [-0.4, -0.2) is 23.6 Å². The van der Waals surface area contributed by atoms with Crippen molar-refractivity contribution in [2.24, 2.45) is 11.8 Å². The molecule has 1 saturated carbocycles. The molecule has 0 spiro atoms. The van der Waals surface area contributed by atoms with Crippen LogP contribution in [0.2, 0.25) is 0 Å². The van der Waals surface area contributed by atoms with Crippen molar-refractivity contribution in [2.75, 3.05) is 11.9 Å². The number of ether oxygens (including phenoxy) is 1. The first-order valence-electron chi connectivity index (χ1n) is 7.51. The van der Waals surface area contributed by atoms with Gasteiger partial charge in [0, 0.05) is 6.04 Å². The zero-order chi connectivity index (χ0) is 14.5. The molecular weight excluding hydrogens is 256 g/mol. The van der Waals surface area contributed by atoms with Gasteiger partial charge in [0.15, 0.2) is 5.69 Å². The van der Waals surface area contributed by atoms with Crippen molar-refractivity contribution in [1.82, 2.24) is 4.98 Å². The smallest absolute Gasteiger partial charge is 0.360 e. The lowest BCUT2D eigenvalue weighted by Gasteiger charge is -2.34. The van der Waals surface area contributed by atoms with Crippen LogP contribution in [0.3, 0.4) is 0 Å². The number of hydrogen-bond donors (Lipinski definition) is 1. The van der Waals surface area contributed by atoms with Gasteiger partial charge in [0.25, 0.3) is 6.01 Å². The molecule has 1 N–H and O–H groups in total. The second-order valence-electron chi connectivity index (χ2n) is 5.70. The first-order valence-corrected chi connectivity index (χ1v) is 7.51. The summed E-state index contributed by atoms with van der Waals surface area (Å²) in [6, 6.07) is 0.794. The zero-order valence-electron chi connectivity index (χ0n) is 12.5. The van der Waals surface area contributed by atoms with Crippen molar-refractivity contribution in [1.29, 1.82) is 0 Å². The number of oxazole rings is 1. The lowest BCUT2D eigenvalue weighted by molar-refractivity contribution is 0.0519. The van der Waals surface area contributed by atoms with Crippen molar-refractivity contribution in [3.05, 3.63) is 12.0 Å². The molecule has 0 aromatic carbocycles. The molecular formula is C15H24N2O3. The van der Waals surface area contributed by atoms with Gasteiger partial charge in [-0.25, -0.2) is 4.79 Å². The number of carbonyl (C=O) groups is 1. The summed E-state index contributed by atoms with van der Waals surface area (Å²) in [4.78, 5) is 15.7. The topological polar surface area (TPSA) is 64.4 Å². The van der Waals surface area contributed by atoms with E-state index in [1.807, 2.05) is 0 Å². The van der Waals surface area contributed by atoms with Crippen LogP contribution in [0.15, 0.2) is 10.7 Å². The first-order chi connectivity index (χ1) is 9.61. The van der Waals surface area contributed by atoms with E-state index in [1.54, 1.807) is 6.92 Å². The van der Waals surface area contributed by atoms with E-state index in [9.17, 15) is 4.79 Å². The molecule has 1 fully saturated rings.